The first-order valence-electron chi connectivity index (χ1n) is 3.82. The van der Waals surface area contributed by atoms with E-state index in [0.717, 1.165) is 0 Å². The zero-order valence-corrected chi connectivity index (χ0v) is 7.02. The molecule has 0 aromatic carbocycles. The molecule has 2 aromatic heterocycles. The van der Waals surface area contributed by atoms with Crippen molar-refractivity contribution in [3.05, 3.63) is 34.6 Å². The Morgan fingerprint density at radius 3 is 2.93 bits per heavy atom. The number of aromatic nitrogens is 3. The number of amides is 1. The quantitative estimate of drug-likeness (QED) is 0.627. The SMILES string of the molecule is NC(=O)c1cc2c(=O)nc[nH]c2cn1. The summed E-state index contributed by atoms with van der Waals surface area (Å²) in [5.74, 6) is -0.671. The summed E-state index contributed by atoms with van der Waals surface area (Å²) < 4.78 is 0. The maximum atomic E-state index is 11.2. The van der Waals surface area contributed by atoms with Gasteiger partial charge >= 0.3 is 0 Å². The summed E-state index contributed by atoms with van der Waals surface area (Å²) in [6, 6.07) is 1.32. The van der Waals surface area contributed by atoms with E-state index in [1.165, 1.54) is 18.6 Å². The van der Waals surface area contributed by atoms with Crippen LogP contribution in [0.15, 0.2) is 23.4 Å². The van der Waals surface area contributed by atoms with Gasteiger partial charge in [0.15, 0.2) is 0 Å². The van der Waals surface area contributed by atoms with Crippen LogP contribution >= 0.6 is 0 Å². The Balaban J connectivity index is 2.83. The Morgan fingerprint density at radius 2 is 2.21 bits per heavy atom. The van der Waals surface area contributed by atoms with Gasteiger partial charge in [-0.2, -0.15) is 4.98 Å². The average molecular weight is 190 g/mol. The Bertz CT molecular complexity index is 561. The van der Waals surface area contributed by atoms with Gasteiger partial charge in [0, 0.05) is 0 Å². The van der Waals surface area contributed by atoms with Crippen molar-refractivity contribution in [2.75, 3.05) is 0 Å². The number of nitrogens with two attached hydrogens (primary N) is 1. The molecule has 0 fully saturated rings. The van der Waals surface area contributed by atoms with E-state index in [4.69, 9.17) is 5.73 Å². The Kier molecular flexibility index (Phi) is 1.74. The number of rotatable bonds is 1. The summed E-state index contributed by atoms with van der Waals surface area (Å²) in [7, 11) is 0. The minimum absolute atomic E-state index is 0.0519. The van der Waals surface area contributed by atoms with Crippen molar-refractivity contribution in [3.8, 4) is 0 Å². The molecule has 0 bridgehead atoms. The van der Waals surface area contributed by atoms with Gasteiger partial charge < -0.3 is 10.7 Å². The molecule has 2 heterocycles. The van der Waals surface area contributed by atoms with Crippen LogP contribution in [0, 0.1) is 0 Å². The Hall–Kier alpha value is -2.24. The van der Waals surface area contributed by atoms with E-state index in [1.807, 2.05) is 0 Å². The topological polar surface area (TPSA) is 102 Å². The molecule has 14 heavy (non-hydrogen) atoms. The van der Waals surface area contributed by atoms with Crippen molar-refractivity contribution in [1.29, 1.82) is 0 Å². The van der Waals surface area contributed by atoms with Gasteiger partial charge in [-0.3, -0.25) is 9.59 Å². The van der Waals surface area contributed by atoms with Crippen LogP contribution in [-0.4, -0.2) is 20.9 Å². The van der Waals surface area contributed by atoms with Crippen LogP contribution in [0.25, 0.3) is 10.9 Å². The van der Waals surface area contributed by atoms with Gasteiger partial charge in [-0.15, -0.1) is 0 Å². The fourth-order valence-corrected chi connectivity index (χ4v) is 1.11. The van der Waals surface area contributed by atoms with Gasteiger partial charge in [-0.1, -0.05) is 0 Å². The molecule has 0 atom stereocenters. The fraction of sp³-hybridized carbons (Fsp3) is 0. The lowest BCUT2D eigenvalue weighted by atomic mass is 10.2. The lowest BCUT2D eigenvalue weighted by Gasteiger charge is -1.97. The monoisotopic (exact) mass is 190 g/mol. The molecule has 70 valence electrons. The van der Waals surface area contributed by atoms with Crippen molar-refractivity contribution in [2.45, 2.75) is 0 Å². The minimum atomic E-state index is -0.671. The summed E-state index contributed by atoms with van der Waals surface area (Å²) in [5, 5.41) is 0.302. The van der Waals surface area contributed by atoms with Gasteiger partial charge in [0.1, 0.15) is 5.69 Å². The molecule has 6 heteroatoms. The molecule has 2 rings (SSSR count). The molecule has 6 nitrogen and oxygen atoms in total. The van der Waals surface area contributed by atoms with E-state index in [2.05, 4.69) is 15.0 Å². The number of nitrogens with zero attached hydrogens (tertiary/aromatic N) is 2. The molecule has 0 radical (unpaired) electrons. The van der Waals surface area contributed by atoms with Gasteiger partial charge in [-0.05, 0) is 6.07 Å². The van der Waals surface area contributed by atoms with Crippen molar-refractivity contribution >= 4 is 16.8 Å². The summed E-state index contributed by atoms with van der Waals surface area (Å²) in [4.78, 5) is 32.0. The van der Waals surface area contributed by atoms with Crippen LogP contribution in [0.2, 0.25) is 0 Å². The highest BCUT2D eigenvalue weighted by atomic mass is 16.1. The maximum absolute atomic E-state index is 11.2. The third-order valence-electron chi connectivity index (χ3n) is 1.79. The Morgan fingerprint density at radius 1 is 1.43 bits per heavy atom. The first-order valence-corrected chi connectivity index (χ1v) is 3.82. The summed E-state index contributed by atoms with van der Waals surface area (Å²) in [6.45, 7) is 0. The molecule has 3 N–H and O–H groups in total. The molecular weight excluding hydrogens is 184 g/mol. The molecule has 0 aliphatic carbocycles. The average Bonchev–Trinajstić information content (AvgIpc) is 2.18. The Labute approximate surface area is 77.8 Å². The minimum Gasteiger partial charge on any atom is -0.364 e. The number of hydrogen-bond acceptors (Lipinski definition) is 4. The standard InChI is InChI=1S/C8H6N4O2/c9-7(13)5-1-4-6(2-10-5)11-3-12-8(4)14/h1-3H,(H2,9,13)(H,11,12,14). The third-order valence-corrected chi connectivity index (χ3v) is 1.79. The molecule has 0 aliphatic heterocycles. The number of aromatic amines is 1. The van der Waals surface area contributed by atoms with Crippen molar-refractivity contribution in [1.82, 2.24) is 15.0 Å². The van der Waals surface area contributed by atoms with Crippen LogP contribution in [-0.2, 0) is 0 Å². The van der Waals surface area contributed by atoms with E-state index in [9.17, 15) is 9.59 Å². The second-order valence-corrected chi connectivity index (χ2v) is 2.69. The third kappa shape index (κ3) is 1.22. The molecule has 1 amide bonds. The number of hydrogen-bond donors (Lipinski definition) is 2. The van der Waals surface area contributed by atoms with E-state index in [1.54, 1.807) is 0 Å². The molecule has 0 aliphatic rings. The van der Waals surface area contributed by atoms with Crippen LogP contribution in [0.1, 0.15) is 10.5 Å². The van der Waals surface area contributed by atoms with Crippen molar-refractivity contribution < 1.29 is 4.79 Å². The van der Waals surface area contributed by atoms with Gasteiger partial charge in [0.2, 0.25) is 0 Å². The highest BCUT2D eigenvalue weighted by Crippen LogP contribution is 2.04. The smallest absolute Gasteiger partial charge is 0.280 e. The first-order chi connectivity index (χ1) is 6.68. The molecule has 0 spiro atoms. The van der Waals surface area contributed by atoms with E-state index in [-0.39, 0.29) is 5.69 Å². The van der Waals surface area contributed by atoms with E-state index in [0.29, 0.717) is 10.9 Å². The number of H-pyrrole nitrogens is 1. The van der Waals surface area contributed by atoms with Gasteiger partial charge in [0.05, 0.1) is 23.4 Å². The lowest BCUT2D eigenvalue weighted by molar-refractivity contribution is 0.0996. The number of carbonyl (C=O) groups excluding carboxylic acids is 1. The highest BCUT2D eigenvalue weighted by Gasteiger charge is 2.05. The predicted molar refractivity (Wildman–Crippen MR) is 48.7 cm³/mol. The second kappa shape index (κ2) is 2.91. The number of primary amides is 1. The summed E-state index contributed by atoms with van der Waals surface area (Å²) in [5.41, 5.74) is 5.18. The molecular formula is C8H6N4O2. The number of carbonyl (C=O) groups is 1. The predicted octanol–water partition coefficient (Wildman–Crippen LogP) is -0.583. The van der Waals surface area contributed by atoms with Gasteiger partial charge in [-0.25, -0.2) is 4.98 Å². The van der Waals surface area contributed by atoms with Crippen LogP contribution in [0.5, 0.6) is 0 Å². The molecule has 0 saturated heterocycles. The van der Waals surface area contributed by atoms with Gasteiger partial charge in [0.25, 0.3) is 11.5 Å². The zero-order chi connectivity index (χ0) is 10.1. The molecule has 2 aromatic rings. The first kappa shape index (κ1) is 8.36. The normalized spacial score (nSPS) is 10.3. The zero-order valence-electron chi connectivity index (χ0n) is 7.02. The molecule has 0 unspecified atom stereocenters. The number of pyridine rings is 1. The van der Waals surface area contributed by atoms with Crippen LogP contribution in [0.4, 0.5) is 0 Å². The maximum Gasteiger partial charge on any atom is 0.280 e. The lowest BCUT2D eigenvalue weighted by Crippen LogP contribution is -2.14. The number of nitrogens with one attached hydrogen (secondary N) is 1. The van der Waals surface area contributed by atoms with E-state index >= 15 is 0 Å². The number of fused-ring (bicyclic) bond motifs is 1. The largest absolute Gasteiger partial charge is 0.364 e. The fourth-order valence-electron chi connectivity index (χ4n) is 1.11. The van der Waals surface area contributed by atoms with Crippen molar-refractivity contribution in [2.24, 2.45) is 5.73 Å². The summed E-state index contributed by atoms with van der Waals surface area (Å²) >= 11 is 0. The second-order valence-electron chi connectivity index (χ2n) is 2.69. The van der Waals surface area contributed by atoms with E-state index < -0.39 is 11.5 Å². The van der Waals surface area contributed by atoms with Crippen LogP contribution in [0.3, 0.4) is 0 Å². The molecule has 0 saturated carbocycles. The highest BCUT2D eigenvalue weighted by molar-refractivity contribution is 5.94. The van der Waals surface area contributed by atoms with Crippen molar-refractivity contribution in [3.63, 3.8) is 0 Å². The van der Waals surface area contributed by atoms with Crippen LogP contribution < -0.4 is 11.3 Å². The summed E-state index contributed by atoms with van der Waals surface area (Å²) in [6.07, 6.45) is 2.65.